The quantitative estimate of drug-likeness (QED) is 0.178. The molecule has 3 aromatic rings. The number of pyridine rings is 1. The van der Waals surface area contributed by atoms with Crippen molar-refractivity contribution in [3.05, 3.63) is 95.2 Å². The summed E-state index contributed by atoms with van der Waals surface area (Å²) in [6.45, 7) is 2.62. The molecule has 41 heavy (non-hydrogen) atoms. The first-order chi connectivity index (χ1) is 20.0. The Hall–Kier alpha value is -3.24. The second kappa shape index (κ2) is 16.3. The molecule has 8 nitrogen and oxygen atoms in total. The predicted molar refractivity (Wildman–Crippen MR) is 159 cm³/mol. The number of amides is 2. The van der Waals surface area contributed by atoms with Crippen molar-refractivity contribution >= 4 is 23.6 Å². The monoisotopic (exact) mass is 577 g/mol. The molecule has 3 atom stereocenters. The van der Waals surface area contributed by atoms with Crippen LogP contribution in [-0.2, 0) is 32.2 Å². The van der Waals surface area contributed by atoms with E-state index >= 15 is 0 Å². The molecule has 1 aliphatic heterocycles. The molecule has 3 N–H and O–H groups in total. The lowest BCUT2D eigenvalue weighted by Crippen LogP contribution is -2.31. The van der Waals surface area contributed by atoms with Gasteiger partial charge in [-0.25, -0.2) is 4.98 Å². The Bertz CT molecular complexity index is 1220. The van der Waals surface area contributed by atoms with Gasteiger partial charge >= 0.3 is 0 Å². The van der Waals surface area contributed by atoms with E-state index in [4.69, 9.17) is 9.47 Å². The van der Waals surface area contributed by atoms with Crippen LogP contribution in [0.15, 0.2) is 78.0 Å². The number of nitrogens with zero attached hydrogens (tertiary/aromatic N) is 1. The molecule has 4 rings (SSSR count). The molecule has 2 amide bonds. The average Bonchev–Trinajstić information content (AvgIpc) is 3.01. The first-order valence-electron chi connectivity index (χ1n) is 14.1. The second-order valence-electron chi connectivity index (χ2n) is 10.1. The van der Waals surface area contributed by atoms with E-state index in [-0.39, 0.29) is 30.6 Å². The van der Waals surface area contributed by atoms with Crippen LogP contribution in [-0.4, -0.2) is 40.3 Å². The van der Waals surface area contributed by atoms with Crippen LogP contribution in [0.1, 0.15) is 73.7 Å². The Morgan fingerprint density at radius 3 is 2.39 bits per heavy atom. The molecule has 0 spiro atoms. The first-order valence-corrected chi connectivity index (χ1v) is 15.1. The normalized spacial score (nSPS) is 18.5. The predicted octanol–water partition coefficient (Wildman–Crippen LogP) is 5.22. The van der Waals surface area contributed by atoms with Crippen LogP contribution in [0.4, 0.5) is 0 Å². The van der Waals surface area contributed by atoms with Gasteiger partial charge in [-0.3, -0.25) is 9.59 Å². The number of ether oxygens (including phenoxy) is 2. The third-order valence-electron chi connectivity index (χ3n) is 6.87. The first kappa shape index (κ1) is 30.7. The van der Waals surface area contributed by atoms with Crippen molar-refractivity contribution in [3.8, 4) is 0 Å². The van der Waals surface area contributed by atoms with Crippen molar-refractivity contribution in [3.63, 3.8) is 0 Å². The minimum atomic E-state index is -0.526. The van der Waals surface area contributed by atoms with E-state index in [0.29, 0.717) is 25.9 Å². The van der Waals surface area contributed by atoms with E-state index in [0.717, 1.165) is 52.3 Å². The van der Waals surface area contributed by atoms with Gasteiger partial charge in [-0.1, -0.05) is 61.0 Å². The summed E-state index contributed by atoms with van der Waals surface area (Å²) in [6, 6.07) is 21.7. The zero-order chi connectivity index (χ0) is 28.9. The Balaban J connectivity index is 1.32. The number of aliphatic hydroxyl groups is 1. The smallest absolute Gasteiger partial charge is 0.220 e. The van der Waals surface area contributed by atoms with E-state index < -0.39 is 6.29 Å². The summed E-state index contributed by atoms with van der Waals surface area (Å²) < 4.78 is 12.8. The molecule has 0 radical (unpaired) electrons. The van der Waals surface area contributed by atoms with E-state index in [1.165, 1.54) is 6.92 Å². The number of rotatable bonds is 14. The van der Waals surface area contributed by atoms with E-state index in [9.17, 15) is 14.7 Å². The van der Waals surface area contributed by atoms with Crippen LogP contribution in [0.3, 0.4) is 0 Å². The summed E-state index contributed by atoms with van der Waals surface area (Å²) in [5.41, 5.74) is 3.84. The van der Waals surface area contributed by atoms with Crippen molar-refractivity contribution < 1.29 is 24.2 Å². The summed E-state index contributed by atoms with van der Waals surface area (Å²) in [6.07, 6.45) is 4.84. The fourth-order valence-electron chi connectivity index (χ4n) is 4.57. The van der Waals surface area contributed by atoms with Crippen LogP contribution in [0.25, 0.3) is 0 Å². The maximum Gasteiger partial charge on any atom is 0.220 e. The molecule has 1 aromatic heterocycles. The zero-order valence-electron chi connectivity index (χ0n) is 23.5. The molecule has 2 aromatic carbocycles. The van der Waals surface area contributed by atoms with E-state index in [1.54, 1.807) is 18.0 Å². The Morgan fingerprint density at radius 2 is 1.68 bits per heavy atom. The molecule has 1 aliphatic rings. The van der Waals surface area contributed by atoms with Crippen molar-refractivity contribution in [2.24, 2.45) is 0 Å². The maximum atomic E-state index is 12.2. The second-order valence-corrected chi connectivity index (χ2v) is 11.2. The Kier molecular flexibility index (Phi) is 12.2. The van der Waals surface area contributed by atoms with Crippen LogP contribution in [0, 0.1) is 0 Å². The average molecular weight is 578 g/mol. The molecule has 0 bridgehead atoms. The van der Waals surface area contributed by atoms with Crippen LogP contribution in [0.5, 0.6) is 0 Å². The summed E-state index contributed by atoms with van der Waals surface area (Å²) in [5.74, 6) is 0.749. The van der Waals surface area contributed by atoms with Crippen LogP contribution >= 0.6 is 11.8 Å². The van der Waals surface area contributed by atoms with Crippen LogP contribution in [0.2, 0.25) is 0 Å². The largest absolute Gasteiger partial charge is 0.392 e. The van der Waals surface area contributed by atoms with Crippen molar-refractivity contribution in [2.45, 2.75) is 75.7 Å². The van der Waals surface area contributed by atoms with Gasteiger partial charge in [0, 0.05) is 50.4 Å². The Morgan fingerprint density at radius 1 is 0.927 bits per heavy atom. The minimum absolute atomic E-state index is 0.00756. The van der Waals surface area contributed by atoms with E-state index in [2.05, 4.69) is 15.6 Å². The van der Waals surface area contributed by atoms with Gasteiger partial charge in [-0.15, -0.1) is 11.8 Å². The highest BCUT2D eigenvalue weighted by molar-refractivity contribution is 7.99. The number of hydrogen-bond acceptors (Lipinski definition) is 7. The molecule has 0 aliphatic carbocycles. The van der Waals surface area contributed by atoms with E-state index in [1.807, 2.05) is 66.7 Å². The number of thioether (sulfide) groups is 1. The van der Waals surface area contributed by atoms with Gasteiger partial charge in [0.05, 0.1) is 23.8 Å². The lowest BCUT2D eigenvalue weighted by atomic mass is 10.0. The molecule has 2 heterocycles. The molecule has 1 fully saturated rings. The van der Waals surface area contributed by atoms with Gasteiger partial charge in [-0.2, -0.15) is 0 Å². The molecule has 0 saturated carbocycles. The molecule has 0 unspecified atom stereocenters. The summed E-state index contributed by atoms with van der Waals surface area (Å²) in [7, 11) is 0. The van der Waals surface area contributed by atoms with Gasteiger partial charge in [0.1, 0.15) is 0 Å². The number of nitrogens with one attached hydrogen (secondary N) is 2. The minimum Gasteiger partial charge on any atom is -0.392 e. The number of benzene rings is 2. The molecule has 218 valence electrons. The highest BCUT2D eigenvalue weighted by Gasteiger charge is 2.32. The Labute approximate surface area is 246 Å². The number of unbranched alkanes of at least 4 members (excludes halogenated alkanes) is 2. The van der Waals surface area contributed by atoms with Crippen LogP contribution < -0.4 is 10.6 Å². The van der Waals surface area contributed by atoms with Gasteiger partial charge in [0.2, 0.25) is 11.8 Å². The molecular formula is C32H39N3O5S. The summed E-state index contributed by atoms with van der Waals surface area (Å²) >= 11 is 1.67. The van der Waals surface area contributed by atoms with Crippen molar-refractivity contribution in [1.29, 1.82) is 0 Å². The summed E-state index contributed by atoms with van der Waals surface area (Å²) in [4.78, 5) is 27.6. The fraction of sp³-hybridized carbons (Fsp3) is 0.406. The van der Waals surface area contributed by atoms with Crippen molar-refractivity contribution in [1.82, 2.24) is 15.6 Å². The standard InChI is InChI=1S/C32H39N3O5S/c1-23(37)33-17-5-2-3-7-30(38)35-20-24-9-15-27(16-10-24)32-39-28(22-41-31-8-4-6-18-34-31)19-29(40-32)26-13-11-25(21-36)12-14-26/h4,6,8-16,18,28-29,32,36H,2-3,5,7,17,19-22H2,1H3,(H,33,37)(H,35,38)/t28-,29+,32+/m0/s1. The number of carbonyl (C=O) groups excluding carboxylic acids is 2. The number of carbonyl (C=O) groups is 2. The number of aliphatic hydroxyl groups excluding tert-OH is 1. The van der Waals surface area contributed by atoms with Gasteiger partial charge in [0.25, 0.3) is 0 Å². The molecule has 1 saturated heterocycles. The maximum absolute atomic E-state index is 12.2. The van der Waals surface area contributed by atoms with Gasteiger partial charge in [-0.05, 0) is 41.7 Å². The highest BCUT2D eigenvalue weighted by atomic mass is 32.2. The van der Waals surface area contributed by atoms with Gasteiger partial charge < -0.3 is 25.2 Å². The number of aromatic nitrogens is 1. The lowest BCUT2D eigenvalue weighted by Gasteiger charge is -2.36. The highest BCUT2D eigenvalue weighted by Crippen LogP contribution is 2.39. The molecule has 9 heteroatoms. The number of hydrogen-bond donors (Lipinski definition) is 3. The third kappa shape index (κ3) is 10.3. The summed E-state index contributed by atoms with van der Waals surface area (Å²) in [5, 5.41) is 16.1. The fourth-order valence-corrected chi connectivity index (χ4v) is 5.45. The lowest BCUT2D eigenvalue weighted by molar-refractivity contribution is -0.245. The molecular weight excluding hydrogens is 538 g/mol. The third-order valence-corrected chi connectivity index (χ3v) is 7.94. The SMILES string of the molecule is CC(=O)NCCCCCC(=O)NCc1ccc([C@@H]2O[C@H](CSc3ccccn3)C[C@H](c3ccc(CO)cc3)O2)cc1. The van der Waals surface area contributed by atoms with Crippen molar-refractivity contribution in [2.75, 3.05) is 12.3 Å². The van der Waals surface area contributed by atoms with Gasteiger partial charge in [0.15, 0.2) is 6.29 Å². The topological polar surface area (TPSA) is 110 Å². The zero-order valence-corrected chi connectivity index (χ0v) is 24.3.